The summed E-state index contributed by atoms with van der Waals surface area (Å²) >= 11 is 28.0. The normalized spacial score (nSPS) is 12.8. The summed E-state index contributed by atoms with van der Waals surface area (Å²) in [6.45, 7) is 41.4. The highest BCUT2D eigenvalue weighted by Crippen LogP contribution is 2.33. The Labute approximate surface area is 707 Å². The van der Waals surface area contributed by atoms with E-state index >= 15 is 0 Å². The lowest BCUT2D eigenvalue weighted by atomic mass is 9.86. The number of nitrogens with two attached hydrogens (primary N) is 2. The molecule has 5 heterocycles. The molecule has 1 amide bonds. The Hall–Kier alpha value is -5.77. The first-order chi connectivity index (χ1) is 50.9. The van der Waals surface area contributed by atoms with Crippen LogP contribution in [0.3, 0.4) is 0 Å². The van der Waals surface area contributed by atoms with Gasteiger partial charge in [0.05, 0.1) is 29.6 Å². The number of carbonyl (C=O) groups excluding carboxylic acids is 5. The van der Waals surface area contributed by atoms with Crippen LogP contribution in [-0.4, -0.2) is 94.0 Å². The van der Waals surface area contributed by atoms with E-state index in [-0.39, 0.29) is 73.2 Å². The maximum absolute atomic E-state index is 12.5. The van der Waals surface area contributed by atoms with Crippen molar-refractivity contribution in [3.05, 3.63) is 203 Å². The molecule has 10 rings (SSSR count). The molecule has 25 heteroatoms. The lowest BCUT2D eigenvalue weighted by molar-refractivity contribution is -0.142. The lowest BCUT2D eigenvalue weighted by Crippen LogP contribution is -2.31. The van der Waals surface area contributed by atoms with E-state index in [1.54, 1.807) is 77.7 Å². The third-order valence-corrected chi connectivity index (χ3v) is 20.3. The zero-order valence-corrected chi connectivity index (χ0v) is 77.7. The van der Waals surface area contributed by atoms with Gasteiger partial charge in [0.2, 0.25) is 5.91 Å². The van der Waals surface area contributed by atoms with Crippen LogP contribution in [0.2, 0.25) is 0 Å². The topological polar surface area (TPSA) is 238 Å². The molecule has 0 unspecified atom stereocenters. The predicted molar refractivity (Wildman–Crippen MR) is 481 cm³/mol. The Balaban J connectivity index is 0.000000442. The van der Waals surface area contributed by atoms with Crippen LogP contribution in [0, 0.1) is 0 Å². The second-order valence-corrected chi connectivity index (χ2v) is 35.7. The molecule has 109 heavy (non-hydrogen) atoms. The fraction of sp³-hybridized carbons (Fsp3) is 0.440. The summed E-state index contributed by atoms with van der Waals surface area (Å²) in [6.07, 6.45) is 5.35. The van der Waals surface area contributed by atoms with Crippen LogP contribution in [0.4, 0.5) is 0 Å². The molecule has 5 N–H and O–H groups in total. The highest BCUT2D eigenvalue weighted by Gasteiger charge is 2.23. The molecule has 0 saturated heterocycles. The first-order valence-electron chi connectivity index (χ1n) is 35.8. The van der Waals surface area contributed by atoms with Gasteiger partial charge in [0.15, 0.2) is 27.0 Å². The molecule has 3 aliphatic heterocycles. The number of halogens is 5. The van der Waals surface area contributed by atoms with E-state index in [2.05, 4.69) is 291 Å². The fourth-order valence-electron chi connectivity index (χ4n) is 10.0. The Bertz CT molecular complexity index is 4250. The van der Waals surface area contributed by atoms with Gasteiger partial charge >= 0.3 is 11.9 Å². The van der Waals surface area contributed by atoms with E-state index in [0.717, 1.165) is 103 Å². The number of rotatable bonds is 11. The number of aromatic nitrogens is 4. The van der Waals surface area contributed by atoms with Crippen molar-refractivity contribution in [3.63, 3.8) is 0 Å². The van der Waals surface area contributed by atoms with Gasteiger partial charge in [0.1, 0.15) is 10.9 Å². The lowest BCUT2D eigenvalue weighted by Gasteiger charge is -2.20. The van der Waals surface area contributed by atoms with E-state index in [1.165, 1.54) is 35.6 Å². The van der Waals surface area contributed by atoms with E-state index in [9.17, 15) is 33.6 Å². The van der Waals surface area contributed by atoms with Crippen LogP contribution in [0.25, 0.3) is 28.1 Å². The predicted octanol–water partition coefficient (Wildman–Crippen LogP) is 21.3. The number of ether oxygens (including phenoxy) is 2. The summed E-state index contributed by atoms with van der Waals surface area (Å²) in [6, 6.07) is 42.0. The number of Topliss-reactive ketones (excluding diaryl/α,β-unsaturated/α-hetero) is 2. The maximum Gasteiger partial charge on any atom is 0.313 e. The minimum absolute atomic E-state index is 0.000000000000000222. The van der Waals surface area contributed by atoms with Crippen molar-refractivity contribution in [2.24, 2.45) is 11.5 Å². The van der Waals surface area contributed by atoms with Gasteiger partial charge in [-0.05, 0) is 134 Å². The highest BCUT2D eigenvalue weighted by molar-refractivity contribution is 9.93. The molecular formula is C84H110Br5N7O9S4. The number of hydrogen-bond acceptors (Lipinski definition) is 15. The van der Waals surface area contributed by atoms with Crippen molar-refractivity contribution in [1.29, 1.82) is 0 Å². The second kappa shape index (κ2) is 48.3. The van der Waals surface area contributed by atoms with E-state index in [0.29, 0.717) is 34.7 Å². The number of fused-ring (bicyclic) bond motifs is 2. The quantitative estimate of drug-likeness (QED) is 0.0272. The summed E-state index contributed by atoms with van der Waals surface area (Å²) in [4.78, 5) is 89.9. The van der Waals surface area contributed by atoms with Crippen LogP contribution in [-0.2, 0) is 64.0 Å². The molecule has 0 bridgehead atoms. The Kier molecular flexibility index (Phi) is 44.0. The molecular weight excluding hydrogens is 1780 g/mol. The molecule has 5 aromatic carbocycles. The number of nitrogens with zero attached hydrogens (tertiary/aromatic N) is 4. The maximum atomic E-state index is 12.5. The minimum atomic E-state index is -0.470. The number of thiocarbonyl (C=S) groups is 2. The number of alkyl halides is 2. The van der Waals surface area contributed by atoms with Gasteiger partial charge in [-0.25, -0.2) is 9.97 Å². The molecule has 0 radical (unpaired) electrons. The average molecular weight is 1890 g/mol. The summed E-state index contributed by atoms with van der Waals surface area (Å²) < 4.78 is 13.3. The number of esters is 2. The van der Waals surface area contributed by atoms with Crippen LogP contribution in [0.5, 0.6) is 0 Å². The van der Waals surface area contributed by atoms with Crippen molar-refractivity contribution in [2.75, 3.05) is 35.4 Å². The monoisotopic (exact) mass is 1880 g/mol. The molecule has 0 spiro atoms. The molecule has 16 nitrogen and oxygen atoms in total. The number of hydrogen-bond donors (Lipinski definition) is 3. The Morgan fingerprint density at radius 2 is 0.936 bits per heavy atom. The standard InChI is InChI=1S/C17H19BrN2OS.C17H20N2OS.C15H17NOS.C15H20O3.C12H16O.C4H8O2.C3H6Br2.CH4N2S.Br2/c1-17(2,3)12-7-5-11(6-8-12)14-13(18)15(21)20-9-4-10-22-16(20)19-14;1-17(2,3)13-7-5-12(6-8-13)14-11-15(20)19-9-4-10-21-16(19)18-14;1-15(2,3)12-6-4-10(5-7-12)11-8-13(17)16-14(18)9-11;1-5-18-14(17)10-13(16)11-6-8-12(9-7-11)15(2,3)4;1-9(13)10-5-7-11(8-6-10)12(2,3)4;1-3-6-4(2)5;4-2-1-3-5;2-1(3)4;1-2/h5-8H,4,9-10H2,1-3H3;5-8,11H,4,9-10H2,1-3H3;4-8H,9H2,1-3H3,(H,16,17,18);6-9H,5,10H2,1-4H3;5-8H,1-4H3;3H2,1-2H3;1-3H2;(H4,2,3,4);. The first kappa shape index (κ1) is 99.3. The summed E-state index contributed by atoms with van der Waals surface area (Å²) in [5.74, 6) is 1.19. The number of ketones is 2. The Morgan fingerprint density at radius 3 is 1.29 bits per heavy atom. The molecule has 0 aliphatic carbocycles. The van der Waals surface area contributed by atoms with Gasteiger partial charge in [0.25, 0.3) is 11.1 Å². The number of benzene rings is 5. The summed E-state index contributed by atoms with van der Waals surface area (Å²) in [5, 5.41) is 6.53. The smallest absolute Gasteiger partial charge is 0.313 e. The highest BCUT2D eigenvalue weighted by atomic mass is 80.9. The van der Waals surface area contributed by atoms with Gasteiger partial charge in [-0.15, -0.1) is 0 Å². The second-order valence-electron chi connectivity index (χ2n) is 30.2. The number of nitrogens with one attached hydrogen (secondary N) is 1. The minimum Gasteiger partial charge on any atom is -0.466 e. The van der Waals surface area contributed by atoms with Crippen molar-refractivity contribution in [2.45, 2.75) is 214 Å². The number of amides is 1. The number of carbonyl (C=O) groups is 5. The zero-order chi connectivity index (χ0) is 82.8. The third-order valence-electron chi connectivity index (χ3n) is 16.1. The van der Waals surface area contributed by atoms with Crippen LogP contribution < -0.4 is 27.9 Å². The average Bonchev–Trinajstić information content (AvgIpc) is 0.785. The fourth-order valence-corrected chi connectivity index (χ4v) is 14.0. The molecule has 594 valence electrons. The largest absolute Gasteiger partial charge is 0.466 e. The van der Waals surface area contributed by atoms with Crippen molar-refractivity contribution in [3.8, 4) is 22.5 Å². The molecule has 0 atom stereocenters. The van der Waals surface area contributed by atoms with Gasteiger partial charge in [-0.1, -0.05) is 293 Å². The van der Waals surface area contributed by atoms with Crippen LogP contribution in [0.15, 0.2) is 158 Å². The molecule has 7 aromatic rings. The van der Waals surface area contributed by atoms with E-state index in [4.69, 9.17) is 21.9 Å². The van der Waals surface area contributed by atoms with Gasteiger partial charge in [0, 0.05) is 111 Å². The van der Waals surface area contributed by atoms with Crippen LogP contribution in [0.1, 0.15) is 218 Å². The van der Waals surface area contributed by atoms with Gasteiger partial charge in [-0.2, -0.15) is 0 Å². The first-order valence-corrected chi connectivity index (χ1v) is 45.3. The van der Waals surface area contributed by atoms with Crippen molar-refractivity contribution >= 4 is 169 Å². The van der Waals surface area contributed by atoms with Crippen LogP contribution >= 0.6 is 124 Å². The summed E-state index contributed by atoms with van der Waals surface area (Å²) in [7, 11) is 0. The zero-order valence-electron chi connectivity index (χ0n) is 66.5. The Morgan fingerprint density at radius 1 is 0.560 bits per heavy atom. The summed E-state index contributed by atoms with van der Waals surface area (Å²) in [5.41, 5.74) is 23.1. The van der Waals surface area contributed by atoms with Crippen molar-refractivity contribution in [1.82, 2.24) is 24.4 Å². The van der Waals surface area contributed by atoms with E-state index in [1.807, 2.05) is 36.4 Å². The van der Waals surface area contributed by atoms with Gasteiger partial charge < -0.3 is 26.3 Å². The molecule has 3 aliphatic rings. The van der Waals surface area contributed by atoms with E-state index < -0.39 is 5.97 Å². The third kappa shape index (κ3) is 36.3. The SMILES string of the molecule is BrBr.BrCCCBr.CC(=O)c1ccc(C(C)(C)C)cc1.CC(C)(C)c1ccc(-c2cc(=O)n3c(n2)SCCC3)cc1.CC(C)(C)c1ccc(-c2nc3n(c(=O)c2Br)CCCS3)cc1.CC(C)(C)c1ccc(C2=CC(=O)NC(=S)C2)cc1.CCOC(=O)CC(=O)c1ccc(C(C)(C)C)cc1.CCOC(C)=O.NC(N)=S. The van der Waals surface area contributed by atoms with Gasteiger partial charge in [-0.3, -0.25) is 42.7 Å². The van der Waals surface area contributed by atoms with Crippen molar-refractivity contribution < 1.29 is 33.4 Å². The molecule has 0 fully saturated rings. The molecule has 0 saturated carbocycles. The number of thioether (sulfide) groups is 2. The molecule has 2 aromatic heterocycles.